The lowest BCUT2D eigenvalue weighted by molar-refractivity contribution is 0.146. The maximum absolute atomic E-state index is 5.78. The molecular formula is C14H19ClN2O. The summed E-state index contributed by atoms with van der Waals surface area (Å²) in [4.78, 5) is 6.54. The van der Waals surface area contributed by atoms with Gasteiger partial charge in [-0.3, -0.25) is 4.90 Å². The number of halogens is 1. The van der Waals surface area contributed by atoms with E-state index in [1.54, 1.807) is 18.3 Å². The zero-order chi connectivity index (χ0) is 13.0. The summed E-state index contributed by atoms with van der Waals surface area (Å²) < 4.78 is 5.77. The number of ether oxygens (including phenoxy) is 1. The molecule has 1 unspecified atom stereocenters. The van der Waals surface area contributed by atoms with Crippen molar-refractivity contribution in [1.29, 1.82) is 0 Å². The molecule has 2 heterocycles. The van der Waals surface area contributed by atoms with Crippen molar-refractivity contribution in [3.63, 3.8) is 0 Å². The lowest BCUT2D eigenvalue weighted by atomic mass is 10.1. The predicted molar refractivity (Wildman–Crippen MR) is 74.2 cm³/mol. The Hall–Kier alpha value is -1.06. The molecule has 3 nitrogen and oxygen atoms in total. The van der Waals surface area contributed by atoms with Crippen LogP contribution < -0.4 is 4.74 Å². The molecule has 1 aliphatic heterocycles. The molecule has 1 aromatic heterocycles. The van der Waals surface area contributed by atoms with Gasteiger partial charge in [-0.15, -0.1) is 0 Å². The Bertz CT molecular complexity index is 416. The minimum Gasteiger partial charge on any atom is -0.473 e. The Morgan fingerprint density at radius 1 is 1.50 bits per heavy atom. The average molecular weight is 267 g/mol. The van der Waals surface area contributed by atoms with Gasteiger partial charge in [-0.1, -0.05) is 23.3 Å². The van der Waals surface area contributed by atoms with Crippen molar-refractivity contribution in [1.82, 2.24) is 9.88 Å². The molecule has 0 saturated carbocycles. The molecular weight excluding hydrogens is 248 g/mol. The third-order valence-electron chi connectivity index (χ3n) is 3.06. The first kappa shape index (κ1) is 13.4. The minimum absolute atomic E-state index is 0.130. The summed E-state index contributed by atoms with van der Waals surface area (Å²) in [6.45, 7) is 7.32. The summed E-state index contributed by atoms with van der Waals surface area (Å²) in [7, 11) is 0. The molecule has 1 aliphatic rings. The summed E-state index contributed by atoms with van der Waals surface area (Å²) in [5.41, 5.74) is 1.49. The molecule has 0 aliphatic carbocycles. The maximum atomic E-state index is 5.78. The fraction of sp³-hybridized carbons (Fsp3) is 0.500. The molecule has 0 fully saturated rings. The van der Waals surface area contributed by atoms with Crippen LogP contribution in [0.15, 0.2) is 30.0 Å². The second kappa shape index (κ2) is 6.21. The molecule has 0 amide bonds. The van der Waals surface area contributed by atoms with Gasteiger partial charge in [-0.05, 0) is 26.3 Å². The van der Waals surface area contributed by atoms with Gasteiger partial charge in [0.1, 0.15) is 6.10 Å². The summed E-state index contributed by atoms with van der Waals surface area (Å²) in [5.74, 6) is 0.635. The van der Waals surface area contributed by atoms with Gasteiger partial charge in [0.15, 0.2) is 0 Å². The number of aromatic nitrogens is 1. The lowest BCUT2D eigenvalue weighted by Gasteiger charge is -2.27. The van der Waals surface area contributed by atoms with Gasteiger partial charge in [-0.25, -0.2) is 4.98 Å². The highest BCUT2D eigenvalue weighted by Crippen LogP contribution is 2.14. The maximum Gasteiger partial charge on any atom is 0.213 e. The molecule has 1 aromatic rings. The first-order valence-corrected chi connectivity index (χ1v) is 6.67. The number of nitrogens with zero attached hydrogens (tertiary/aromatic N) is 2. The van der Waals surface area contributed by atoms with E-state index in [1.807, 2.05) is 0 Å². The first-order valence-electron chi connectivity index (χ1n) is 6.29. The minimum atomic E-state index is 0.130. The van der Waals surface area contributed by atoms with Crippen LogP contribution in [-0.2, 0) is 0 Å². The van der Waals surface area contributed by atoms with Crippen LogP contribution in [0, 0.1) is 0 Å². The Balaban J connectivity index is 1.81. The highest BCUT2D eigenvalue weighted by Gasteiger charge is 2.14. The molecule has 0 radical (unpaired) electrons. The summed E-state index contributed by atoms with van der Waals surface area (Å²) in [6, 6.07) is 3.60. The van der Waals surface area contributed by atoms with E-state index in [0.29, 0.717) is 10.9 Å². The van der Waals surface area contributed by atoms with Gasteiger partial charge in [0.25, 0.3) is 0 Å². The largest absolute Gasteiger partial charge is 0.473 e. The summed E-state index contributed by atoms with van der Waals surface area (Å²) in [5, 5.41) is 0.631. The molecule has 0 bridgehead atoms. The van der Waals surface area contributed by atoms with Crippen LogP contribution in [0.4, 0.5) is 0 Å². The van der Waals surface area contributed by atoms with Crippen molar-refractivity contribution in [2.24, 2.45) is 0 Å². The molecule has 1 atom stereocenters. The number of hydrogen-bond donors (Lipinski definition) is 0. The third kappa shape index (κ3) is 4.00. The van der Waals surface area contributed by atoms with Gasteiger partial charge in [0.05, 0.1) is 5.02 Å². The molecule has 0 saturated heterocycles. The third-order valence-corrected chi connectivity index (χ3v) is 3.28. The van der Waals surface area contributed by atoms with Crippen molar-refractivity contribution in [3.05, 3.63) is 35.0 Å². The highest BCUT2D eigenvalue weighted by atomic mass is 35.5. The van der Waals surface area contributed by atoms with Crippen molar-refractivity contribution < 1.29 is 4.74 Å². The fourth-order valence-corrected chi connectivity index (χ4v) is 2.13. The zero-order valence-electron chi connectivity index (χ0n) is 10.9. The lowest BCUT2D eigenvalue weighted by Crippen LogP contribution is -2.36. The number of pyridine rings is 1. The van der Waals surface area contributed by atoms with Gasteiger partial charge < -0.3 is 4.74 Å². The number of rotatable bonds is 4. The van der Waals surface area contributed by atoms with E-state index in [9.17, 15) is 0 Å². The Morgan fingerprint density at radius 2 is 2.33 bits per heavy atom. The molecule has 0 N–H and O–H groups in total. The average Bonchev–Trinajstić information content (AvgIpc) is 2.35. The topological polar surface area (TPSA) is 25.4 Å². The second-order valence-corrected chi connectivity index (χ2v) is 5.24. The van der Waals surface area contributed by atoms with Crippen LogP contribution in [0.3, 0.4) is 0 Å². The molecule has 2 rings (SSSR count). The van der Waals surface area contributed by atoms with Gasteiger partial charge >= 0.3 is 0 Å². The van der Waals surface area contributed by atoms with Crippen LogP contribution in [-0.4, -0.2) is 35.6 Å². The van der Waals surface area contributed by atoms with E-state index in [4.69, 9.17) is 16.3 Å². The van der Waals surface area contributed by atoms with E-state index in [2.05, 4.69) is 29.8 Å². The van der Waals surface area contributed by atoms with Crippen LogP contribution in [0.2, 0.25) is 5.02 Å². The van der Waals surface area contributed by atoms with Crippen LogP contribution in [0.25, 0.3) is 0 Å². The van der Waals surface area contributed by atoms with E-state index in [1.165, 1.54) is 5.57 Å². The smallest absolute Gasteiger partial charge is 0.213 e. The summed E-state index contributed by atoms with van der Waals surface area (Å²) in [6.07, 6.45) is 5.18. The molecule has 18 heavy (non-hydrogen) atoms. The number of hydrogen-bond acceptors (Lipinski definition) is 3. The molecule has 98 valence electrons. The normalized spacial score (nSPS) is 18.3. The fourth-order valence-electron chi connectivity index (χ4n) is 2.02. The summed E-state index contributed by atoms with van der Waals surface area (Å²) >= 11 is 5.78. The van der Waals surface area contributed by atoms with E-state index < -0.39 is 0 Å². The van der Waals surface area contributed by atoms with Crippen molar-refractivity contribution in [2.75, 3.05) is 19.6 Å². The second-order valence-electron chi connectivity index (χ2n) is 4.80. The SMILES string of the molecule is CC1=CCN(CC(C)Oc2ccc(Cl)cn2)CC1. The van der Waals surface area contributed by atoms with E-state index in [-0.39, 0.29) is 6.10 Å². The molecule has 4 heteroatoms. The van der Waals surface area contributed by atoms with E-state index in [0.717, 1.165) is 26.1 Å². The highest BCUT2D eigenvalue weighted by molar-refractivity contribution is 6.30. The Kier molecular flexibility index (Phi) is 4.61. The zero-order valence-corrected chi connectivity index (χ0v) is 11.7. The van der Waals surface area contributed by atoms with Crippen molar-refractivity contribution in [3.8, 4) is 5.88 Å². The monoisotopic (exact) mass is 266 g/mol. The Morgan fingerprint density at radius 3 is 2.94 bits per heavy atom. The predicted octanol–water partition coefficient (Wildman–Crippen LogP) is 3.15. The van der Waals surface area contributed by atoms with Gasteiger partial charge in [0, 0.05) is 31.9 Å². The Labute approximate surface area is 113 Å². The van der Waals surface area contributed by atoms with Crippen molar-refractivity contribution >= 4 is 11.6 Å². The van der Waals surface area contributed by atoms with Crippen LogP contribution >= 0.6 is 11.6 Å². The molecule has 0 spiro atoms. The van der Waals surface area contributed by atoms with Crippen molar-refractivity contribution in [2.45, 2.75) is 26.4 Å². The first-order chi connectivity index (χ1) is 8.63. The van der Waals surface area contributed by atoms with Gasteiger partial charge in [-0.2, -0.15) is 0 Å². The molecule has 0 aromatic carbocycles. The van der Waals surface area contributed by atoms with Gasteiger partial charge in [0.2, 0.25) is 5.88 Å². The van der Waals surface area contributed by atoms with Crippen LogP contribution in [0.5, 0.6) is 5.88 Å². The quantitative estimate of drug-likeness (QED) is 0.783. The van der Waals surface area contributed by atoms with Crippen LogP contribution in [0.1, 0.15) is 20.3 Å². The standard InChI is InChI=1S/C14H19ClN2O/c1-11-5-7-17(8-6-11)10-12(2)18-14-4-3-13(15)9-16-14/h3-5,9,12H,6-8,10H2,1-2H3. The van der Waals surface area contributed by atoms with E-state index >= 15 is 0 Å².